The minimum atomic E-state index is 0.556. The Morgan fingerprint density at radius 2 is 2.56 bits per heavy atom. The SMILES string of the molecule is C#CC1=CC=CCC1C. The van der Waals surface area contributed by atoms with Crippen LogP contribution in [-0.2, 0) is 0 Å². The van der Waals surface area contributed by atoms with Crippen LogP contribution >= 0.6 is 0 Å². The molecule has 0 aromatic carbocycles. The summed E-state index contributed by atoms with van der Waals surface area (Å²) in [5.41, 5.74) is 1.12. The average Bonchev–Trinajstić information content (AvgIpc) is 1.89. The maximum atomic E-state index is 5.24. The van der Waals surface area contributed by atoms with Gasteiger partial charge in [0.15, 0.2) is 0 Å². The van der Waals surface area contributed by atoms with Crippen molar-refractivity contribution in [3.8, 4) is 12.3 Å². The Bertz CT molecular complexity index is 189. The lowest BCUT2D eigenvalue weighted by molar-refractivity contribution is 0.710. The standard InChI is InChI=1S/C9H10/c1-3-9-7-5-4-6-8(9)2/h1,4-5,7-8H,6H2,2H3. The Balaban J connectivity index is 2.78. The molecule has 0 amide bonds. The number of hydrogen-bond acceptors (Lipinski definition) is 0. The first-order valence-corrected chi connectivity index (χ1v) is 3.18. The first kappa shape index (κ1) is 6.16. The van der Waals surface area contributed by atoms with Gasteiger partial charge in [-0.15, -0.1) is 6.42 Å². The number of allylic oxidation sites excluding steroid dienone is 4. The average molecular weight is 118 g/mol. The minimum absolute atomic E-state index is 0.556. The summed E-state index contributed by atoms with van der Waals surface area (Å²) in [4.78, 5) is 0. The van der Waals surface area contributed by atoms with Gasteiger partial charge in [-0.25, -0.2) is 0 Å². The van der Waals surface area contributed by atoms with Crippen molar-refractivity contribution in [2.45, 2.75) is 13.3 Å². The summed E-state index contributed by atoms with van der Waals surface area (Å²) in [5, 5.41) is 0. The van der Waals surface area contributed by atoms with Gasteiger partial charge in [0.05, 0.1) is 0 Å². The molecule has 9 heavy (non-hydrogen) atoms. The Kier molecular flexibility index (Phi) is 1.75. The van der Waals surface area contributed by atoms with E-state index in [4.69, 9.17) is 6.42 Å². The van der Waals surface area contributed by atoms with E-state index in [0.29, 0.717) is 5.92 Å². The second-order valence-corrected chi connectivity index (χ2v) is 2.33. The monoisotopic (exact) mass is 118 g/mol. The quantitative estimate of drug-likeness (QED) is 0.427. The van der Waals surface area contributed by atoms with Crippen LogP contribution in [0, 0.1) is 18.3 Å². The van der Waals surface area contributed by atoms with Crippen LogP contribution in [0.2, 0.25) is 0 Å². The summed E-state index contributed by atoms with van der Waals surface area (Å²) in [6.07, 6.45) is 12.5. The molecule has 1 aliphatic rings. The van der Waals surface area contributed by atoms with Crippen LogP contribution in [-0.4, -0.2) is 0 Å². The number of hydrogen-bond donors (Lipinski definition) is 0. The van der Waals surface area contributed by atoms with Gasteiger partial charge in [-0.1, -0.05) is 31.1 Å². The van der Waals surface area contributed by atoms with Crippen molar-refractivity contribution in [2.75, 3.05) is 0 Å². The number of terminal acetylenes is 1. The van der Waals surface area contributed by atoms with Crippen LogP contribution in [0.5, 0.6) is 0 Å². The van der Waals surface area contributed by atoms with Crippen molar-refractivity contribution in [1.29, 1.82) is 0 Å². The predicted octanol–water partition coefficient (Wildman–Crippen LogP) is 2.14. The number of rotatable bonds is 0. The molecule has 0 saturated carbocycles. The van der Waals surface area contributed by atoms with Crippen LogP contribution in [0.1, 0.15) is 13.3 Å². The fourth-order valence-corrected chi connectivity index (χ4v) is 0.936. The van der Waals surface area contributed by atoms with E-state index < -0.39 is 0 Å². The summed E-state index contributed by atoms with van der Waals surface area (Å²) >= 11 is 0. The molecule has 1 rings (SSSR count). The predicted molar refractivity (Wildman–Crippen MR) is 39.8 cm³/mol. The van der Waals surface area contributed by atoms with Gasteiger partial charge in [0.2, 0.25) is 0 Å². The van der Waals surface area contributed by atoms with Crippen molar-refractivity contribution < 1.29 is 0 Å². The zero-order valence-electron chi connectivity index (χ0n) is 5.59. The molecule has 1 unspecified atom stereocenters. The van der Waals surface area contributed by atoms with E-state index in [9.17, 15) is 0 Å². The highest BCUT2D eigenvalue weighted by Gasteiger charge is 2.05. The molecule has 0 N–H and O–H groups in total. The third-order valence-corrected chi connectivity index (χ3v) is 1.60. The summed E-state index contributed by atoms with van der Waals surface area (Å²) in [6.45, 7) is 2.15. The summed E-state index contributed by atoms with van der Waals surface area (Å²) in [7, 11) is 0. The highest BCUT2D eigenvalue weighted by atomic mass is 14.1. The molecule has 0 bridgehead atoms. The molecule has 0 spiro atoms. The van der Waals surface area contributed by atoms with Crippen molar-refractivity contribution in [3.05, 3.63) is 23.8 Å². The van der Waals surface area contributed by atoms with Gasteiger partial charge in [-0.2, -0.15) is 0 Å². The van der Waals surface area contributed by atoms with Crippen LogP contribution in [0.25, 0.3) is 0 Å². The lowest BCUT2D eigenvalue weighted by Gasteiger charge is -2.10. The molecule has 0 nitrogen and oxygen atoms in total. The first-order valence-electron chi connectivity index (χ1n) is 3.18. The second-order valence-electron chi connectivity index (χ2n) is 2.33. The van der Waals surface area contributed by atoms with Crippen LogP contribution in [0.3, 0.4) is 0 Å². The molecule has 0 aromatic heterocycles. The fraction of sp³-hybridized carbons (Fsp3) is 0.333. The molecular formula is C9H10. The van der Waals surface area contributed by atoms with E-state index in [1.165, 1.54) is 0 Å². The molecule has 0 aromatic rings. The van der Waals surface area contributed by atoms with E-state index >= 15 is 0 Å². The maximum Gasteiger partial charge on any atom is 0.00488 e. The smallest absolute Gasteiger partial charge is 0.00488 e. The topological polar surface area (TPSA) is 0 Å². The summed E-state index contributed by atoms with van der Waals surface area (Å²) < 4.78 is 0. The normalized spacial score (nSPS) is 24.9. The Hall–Kier alpha value is -0.960. The molecule has 0 saturated heterocycles. The third-order valence-electron chi connectivity index (χ3n) is 1.60. The van der Waals surface area contributed by atoms with Crippen molar-refractivity contribution in [1.82, 2.24) is 0 Å². The van der Waals surface area contributed by atoms with Crippen LogP contribution in [0.15, 0.2) is 23.8 Å². The van der Waals surface area contributed by atoms with E-state index in [-0.39, 0.29) is 0 Å². The Morgan fingerprint density at radius 1 is 1.78 bits per heavy atom. The van der Waals surface area contributed by atoms with Crippen molar-refractivity contribution in [3.63, 3.8) is 0 Å². The lowest BCUT2D eigenvalue weighted by atomic mass is 9.94. The van der Waals surface area contributed by atoms with Gasteiger partial charge in [0, 0.05) is 5.57 Å². The molecule has 0 fully saturated rings. The minimum Gasteiger partial charge on any atom is -0.115 e. The molecule has 46 valence electrons. The lowest BCUT2D eigenvalue weighted by Crippen LogP contribution is -1.98. The molecular weight excluding hydrogens is 108 g/mol. The Labute approximate surface area is 56.3 Å². The fourth-order valence-electron chi connectivity index (χ4n) is 0.936. The highest BCUT2D eigenvalue weighted by molar-refractivity contribution is 5.33. The van der Waals surface area contributed by atoms with Crippen LogP contribution in [0.4, 0.5) is 0 Å². The van der Waals surface area contributed by atoms with E-state index in [0.717, 1.165) is 12.0 Å². The molecule has 0 aliphatic heterocycles. The molecule has 0 radical (unpaired) electrons. The Morgan fingerprint density at radius 3 is 3.00 bits per heavy atom. The zero-order valence-corrected chi connectivity index (χ0v) is 5.59. The van der Waals surface area contributed by atoms with Crippen molar-refractivity contribution in [2.24, 2.45) is 5.92 Å². The molecule has 1 aliphatic carbocycles. The zero-order chi connectivity index (χ0) is 6.69. The van der Waals surface area contributed by atoms with Gasteiger partial charge >= 0.3 is 0 Å². The van der Waals surface area contributed by atoms with Gasteiger partial charge in [0.25, 0.3) is 0 Å². The summed E-state index contributed by atoms with van der Waals surface area (Å²) in [6, 6.07) is 0. The highest BCUT2D eigenvalue weighted by Crippen LogP contribution is 2.17. The van der Waals surface area contributed by atoms with Gasteiger partial charge < -0.3 is 0 Å². The van der Waals surface area contributed by atoms with Crippen LogP contribution < -0.4 is 0 Å². The van der Waals surface area contributed by atoms with Gasteiger partial charge in [-0.05, 0) is 12.3 Å². The van der Waals surface area contributed by atoms with E-state index in [2.05, 4.69) is 18.9 Å². The largest absolute Gasteiger partial charge is 0.115 e. The molecule has 0 heterocycles. The molecule has 0 heteroatoms. The summed E-state index contributed by atoms with van der Waals surface area (Å²) in [5.74, 6) is 3.22. The van der Waals surface area contributed by atoms with Gasteiger partial charge in [-0.3, -0.25) is 0 Å². The molecule has 1 atom stereocenters. The third kappa shape index (κ3) is 1.23. The second kappa shape index (κ2) is 2.55. The maximum absolute atomic E-state index is 5.24. The van der Waals surface area contributed by atoms with E-state index in [1.807, 2.05) is 12.2 Å². The van der Waals surface area contributed by atoms with Gasteiger partial charge in [0.1, 0.15) is 0 Å². The van der Waals surface area contributed by atoms with E-state index in [1.54, 1.807) is 0 Å². The first-order chi connectivity index (χ1) is 4.34. The van der Waals surface area contributed by atoms with Crippen molar-refractivity contribution >= 4 is 0 Å².